The maximum absolute atomic E-state index is 12.7. The molecule has 1 atom stereocenters. The molecule has 4 heteroatoms. The van der Waals surface area contributed by atoms with E-state index in [0.29, 0.717) is 6.54 Å². The van der Waals surface area contributed by atoms with Crippen molar-refractivity contribution < 1.29 is 4.79 Å². The minimum Gasteiger partial charge on any atom is -0.338 e. The molecular formula is C18H33N3O. The molecule has 1 heterocycles. The number of piperazine rings is 1. The molecule has 0 radical (unpaired) electrons. The zero-order valence-electron chi connectivity index (χ0n) is 14.7. The molecule has 0 bridgehead atoms. The van der Waals surface area contributed by atoms with E-state index in [0.717, 1.165) is 44.3 Å². The molecule has 126 valence electrons. The van der Waals surface area contributed by atoms with E-state index in [4.69, 9.17) is 0 Å². The van der Waals surface area contributed by atoms with Crippen LogP contribution in [0.2, 0.25) is 0 Å². The van der Waals surface area contributed by atoms with E-state index in [1.165, 1.54) is 25.7 Å². The van der Waals surface area contributed by atoms with Crippen LogP contribution in [0.3, 0.4) is 0 Å². The van der Waals surface area contributed by atoms with Gasteiger partial charge >= 0.3 is 0 Å². The molecule has 2 rings (SSSR count). The zero-order valence-corrected chi connectivity index (χ0v) is 14.7. The van der Waals surface area contributed by atoms with Crippen molar-refractivity contribution in [3.05, 3.63) is 12.2 Å². The van der Waals surface area contributed by atoms with Gasteiger partial charge in [-0.25, -0.2) is 0 Å². The van der Waals surface area contributed by atoms with Crippen LogP contribution in [-0.4, -0.2) is 72.0 Å². The smallest absolute Gasteiger partial charge is 0.239 e. The van der Waals surface area contributed by atoms with Gasteiger partial charge in [-0.15, -0.1) is 0 Å². The monoisotopic (exact) mass is 307 g/mol. The van der Waals surface area contributed by atoms with Crippen LogP contribution in [0, 0.1) is 0 Å². The molecule has 1 unspecified atom stereocenters. The third-order valence-corrected chi connectivity index (χ3v) is 5.25. The summed E-state index contributed by atoms with van der Waals surface area (Å²) in [6.45, 7) is 15.8. The Morgan fingerprint density at radius 3 is 2.32 bits per heavy atom. The van der Waals surface area contributed by atoms with Crippen molar-refractivity contribution in [2.24, 2.45) is 0 Å². The Hall–Kier alpha value is -0.870. The van der Waals surface area contributed by atoms with Crippen molar-refractivity contribution >= 4 is 5.91 Å². The van der Waals surface area contributed by atoms with Crippen molar-refractivity contribution in [3.63, 3.8) is 0 Å². The van der Waals surface area contributed by atoms with Crippen LogP contribution >= 0.6 is 0 Å². The Kier molecular flexibility index (Phi) is 6.45. The van der Waals surface area contributed by atoms with E-state index >= 15 is 0 Å². The summed E-state index contributed by atoms with van der Waals surface area (Å²) in [6.07, 6.45) is 5.53. The van der Waals surface area contributed by atoms with Crippen molar-refractivity contribution in [2.75, 3.05) is 39.3 Å². The minimum absolute atomic E-state index is 0.00923. The lowest BCUT2D eigenvalue weighted by atomic mass is 10.1. The summed E-state index contributed by atoms with van der Waals surface area (Å²) in [4.78, 5) is 19.6. The average Bonchev–Trinajstić information content (AvgIpc) is 3.05. The van der Waals surface area contributed by atoms with Gasteiger partial charge < -0.3 is 4.90 Å². The highest BCUT2D eigenvalue weighted by atomic mass is 16.2. The Bertz CT molecular complexity index is 382. The van der Waals surface area contributed by atoms with Gasteiger partial charge in [0.25, 0.3) is 0 Å². The molecule has 0 aromatic carbocycles. The molecule has 2 fully saturated rings. The predicted molar refractivity (Wildman–Crippen MR) is 91.9 cm³/mol. The van der Waals surface area contributed by atoms with Crippen molar-refractivity contribution in [1.82, 2.24) is 14.7 Å². The first kappa shape index (κ1) is 17.5. The van der Waals surface area contributed by atoms with Gasteiger partial charge in [-0.2, -0.15) is 0 Å². The molecule has 0 aromatic heterocycles. The Balaban J connectivity index is 1.84. The van der Waals surface area contributed by atoms with Crippen LogP contribution in [0.5, 0.6) is 0 Å². The summed E-state index contributed by atoms with van der Waals surface area (Å²) in [5.74, 6) is 0.250. The van der Waals surface area contributed by atoms with Gasteiger partial charge in [-0.1, -0.05) is 25.0 Å². The molecule has 0 N–H and O–H groups in total. The van der Waals surface area contributed by atoms with Gasteiger partial charge in [-0.05, 0) is 33.6 Å². The zero-order chi connectivity index (χ0) is 16.1. The summed E-state index contributed by atoms with van der Waals surface area (Å²) in [5.41, 5.74) is 1.05. The van der Waals surface area contributed by atoms with Crippen molar-refractivity contribution in [1.29, 1.82) is 0 Å². The molecular weight excluding hydrogens is 274 g/mol. The summed E-state index contributed by atoms with van der Waals surface area (Å²) >= 11 is 0. The number of hydrogen-bond acceptors (Lipinski definition) is 3. The number of carbonyl (C=O) groups excluding carboxylic acids is 1. The van der Waals surface area contributed by atoms with E-state index < -0.39 is 0 Å². The number of amides is 1. The van der Waals surface area contributed by atoms with E-state index in [1.54, 1.807) is 0 Å². The maximum Gasteiger partial charge on any atom is 0.239 e. The molecule has 1 saturated heterocycles. The fourth-order valence-corrected chi connectivity index (χ4v) is 3.85. The fourth-order valence-electron chi connectivity index (χ4n) is 3.85. The average molecular weight is 307 g/mol. The predicted octanol–water partition coefficient (Wildman–Crippen LogP) is 2.36. The van der Waals surface area contributed by atoms with E-state index in [-0.39, 0.29) is 11.9 Å². The van der Waals surface area contributed by atoms with Crippen LogP contribution in [0.15, 0.2) is 12.2 Å². The molecule has 1 aliphatic carbocycles. The number of carbonyl (C=O) groups is 1. The molecule has 1 aliphatic heterocycles. The molecule has 1 saturated carbocycles. The summed E-state index contributed by atoms with van der Waals surface area (Å²) in [7, 11) is 0. The second-order valence-electron chi connectivity index (χ2n) is 7.00. The van der Waals surface area contributed by atoms with Gasteiger partial charge in [0.05, 0.1) is 6.04 Å². The first-order chi connectivity index (χ1) is 10.5. The molecule has 0 aromatic rings. The Labute approximate surface area is 136 Å². The van der Waals surface area contributed by atoms with Crippen molar-refractivity contribution in [3.8, 4) is 0 Å². The number of rotatable bonds is 6. The standard InChI is InChI=1S/C18H33N3O/c1-5-19(14-15(2)3)18(22)16(4)20-10-12-21(13-11-20)17-8-6-7-9-17/h16-17H,2,5-14H2,1,3-4H3. The van der Waals surface area contributed by atoms with Crippen LogP contribution in [-0.2, 0) is 4.79 Å². The SMILES string of the molecule is C=C(C)CN(CC)C(=O)C(C)N1CCN(C2CCCC2)CC1. The molecule has 1 amide bonds. The van der Waals surface area contributed by atoms with Crippen LogP contribution < -0.4 is 0 Å². The highest BCUT2D eigenvalue weighted by molar-refractivity contribution is 5.81. The minimum atomic E-state index is -0.00923. The van der Waals surface area contributed by atoms with E-state index in [9.17, 15) is 4.79 Å². The fraction of sp³-hybridized carbons (Fsp3) is 0.833. The lowest BCUT2D eigenvalue weighted by Gasteiger charge is -2.41. The third-order valence-electron chi connectivity index (χ3n) is 5.25. The van der Waals surface area contributed by atoms with Gasteiger partial charge in [-0.3, -0.25) is 14.6 Å². The van der Waals surface area contributed by atoms with E-state index in [1.807, 2.05) is 18.7 Å². The first-order valence-electron chi connectivity index (χ1n) is 8.94. The lowest BCUT2D eigenvalue weighted by Crippen LogP contribution is -2.56. The highest BCUT2D eigenvalue weighted by Crippen LogP contribution is 2.24. The first-order valence-corrected chi connectivity index (χ1v) is 8.94. The normalized spacial score (nSPS) is 22.7. The largest absolute Gasteiger partial charge is 0.338 e. The number of likely N-dealkylation sites (N-methyl/N-ethyl adjacent to an activating group) is 1. The highest BCUT2D eigenvalue weighted by Gasteiger charge is 2.31. The molecule has 0 spiro atoms. The van der Waals surface area contributed by atoms with Gasteiger partial charge in [0.2, 0.25) is 5.91 Å². The van der Waals surface area contributed by atoms with Gasteiger partial charge in [0.1, 0.15) is 0 Å². The van der Waals surface area contributed by atoms with Gasteiger partial charge in [0.15, 0.2) is 0 Å². The topological polar surface area (TPSA) is 26.8 Å². The Morgan fingerprint density at radius 2 is 1.82 bits per heavy atom. The van der Waals surface area contributed by atoms with Gasteiger partial charge in [0, 0.05) is 45.3 Å². The second kappa shape index (κ2) is 8.11. The van der Waals surface area contributed by atoms with Crippen LogP contribution in [0.25, 0.3) is 0 Å². The van der Waals surface area contributed by atoms with E-state index in [2.05, 4.69) is 23.3 Å². The molecule has 2 aliphatic rings. The Morgan fingerprint density at radius 1 is 1.23 bits per heavy atom. The maximum atomic E-state index is 12.7. The van der Waals surface area contributed by atoms with Crippen LogP contribution in [0.1, 0.15) is 46.5 Å². The number of hydrogen-bond donors (Lipinski definition) is 0. The molecule has 4 nitrogen and oxygen atoms in total. The quantitative estimate of drug-likeness (QED) is 0.705. The number of nitrogens with zero attached hydrogens (tertiary/aromatic N) is 3. The summed E-state index contributed by atoms with van der Waals surface area (Å²) in [5, 5.41) is 0. The molecule has 22 heavy (non-hydrogen) atoms. The van der Waals surface area contributed by atoms with Crippen LogP contribution in [0.4, 0.5) is 0 Å². The summed E-state index contributed by atoms with van der Waals surface area (Å²) in [6, 6.07) is 0.800. The second-order valence-corrected chi connectivity index (χ2v) is 7.00. The third kappa shape index (κ3) is 4.32. The summed E-state index contributed by atoms with van der Waals surface area (Å²) < 4.78 is 0. The lowest BCUT2D eigenvalue weighted by molar-refractivity contribution is -0.136. The van der Waals surface area contributed by atoms with Crippen molar-refractivity contribution in [2.45, 2.75) is 58.5 Å².